The third-order valence-electron chi connectivity index (χ3n) is 1.04. The van der Waals surface area contributed by atoms with E-state index in [-0.39, 0.29) is 0 Å². The third kappa shape index (κ3) is 5.68. The van der Waals surface area contributed by atoms with Gasteiger partial charge in [-0.25, -0.2) is 0 Å². The molecule has 0 fully saturated rings. The van der Waals surface area contributed by atoms with Gasteiger partial charge in [-0.15, -0.1) is 0 Å². The fraction of sp³-hybridized carbons (Fsp3) is 0.833. The van der Waals surface area contributed by atoms with Crippen molar-refractivity contribution in [2.24, 2.45) is 5.73 Å². The van der Waals surface area contributed by atoms with Crippen molar-refractivity contribution in [3.63, 3.8) is 0 Å². The number of rotatable bonds is 6. The Hall–Kier alpha value is -0.450. The van der Waals surface area contributed by atoms with Crippen molar-refractivity contribution in [1.29, 1.82) is 0 Å². The molecule has 3 N–H and O–H groups in total. The van der Waals surface area contributed by atoms with Crippen LogP contribution < -0.4 is 11.1 Å². The molecule has 0 saturated heterocycles. The highest BCUT2D eigenvalue weighted by molar-refractivity contribution is 5.57. The zero-order chi connectivity index (χ0) is 7.82. The number of carbonyl (C=O) groups excluding carboxylic acids is 1. The Balaban J connectivity index is 2.95. The highest BCUT2D eigenvalue weighted by atomic mass is 16.5. The van der Waals surface area contributed by atoms with Gasteiger partial charge in [0.1, 0.15) is 6.29 Å². The molecular weight excluding hydrogens is 132 g/mol. The van der Waals surface area contributed by atoms with E-state index in [9.17, 15) is 4.79 Å². The van der Waals surface area contributed by atoms with Crippen molar-refractivity contribution in [3.8, 4) is 0 Å². The van der Waals surface area contributed by atoms with Crippen molar-refractivity contribution < 1.29 is 9.53 Å². The Kier molecular flexibility index (Phi) is 6.37. The van der Waals surface area contributed by atoms with Gasteiger partial charge in [0.05, 0.1) is 12.6 Å². The van der Waals surface area contributed by atoms with E-state index in [0.717, 1.165) is 12.8 Å². The first-order valence-electron chi connectivity index (χ1n) is 3.21. The SMILES string of the molecule is COCCNCC(N)C=O. The maximum absolute atomic E-state index is 9.97. The number of hydrogen-bond acceptors (Lipinski definition) is 4. The molecule has 0 aliphatic carbocycles. The van der Waals surface area contributed by atoms with Crippen molar-refractivity contribution in [2.75, 3.05) is 26.8 Å². The van der Waals surface area contributed by atoms with Crippen LogP contribution in [0.25, 0.3) is 0 Å². The highest BCUT2D eigenvalue weighted by Crippen LogP contribution is 1.68. The molecule has 0 aromatic carbocycles. The summed E-state index contributed by atoms with van der Waals surface area (Å²) in [4.78, 5) is 9.97. The van der Waals surface area contributed by atoms with Gasteiger partial charge in [-0.05, 0) is 0 Å². The van der Waals surface area contributed by atoms with E-state index in [1.807, 2.05) is 0 Å². The maximum atomic E-state index is 9.97. The van der Waals surface area contributed by atoms with Crippen LogP contribution in [0.2, 0.25) is 0 Å². The molecule has 0 radical (unpaired) electrons. The van der Waals surface area contributed by atoms with E-state index in [4.69, 9.17) is 10.5 Å². The van der Waals surface area contributed by atoms with Crippen LogP contribution in [-0.4, -0.2) is 39.1 Å². The zero-order valence-electron chi connectivity index (χ0n) is 6.17. The van der Waals surface area contributed by atoms with Crippen molar-refractivity contribution in [1.82, 2.24) is 5.32 Å². The van der Waals surface area contributed by atoms with E-state index < -0.39 is 6.04 Å². The molecule has 0 amide bonds. The Morgan fingerprint density at radius 1 is 1.80 bits per heavy atom. The summed E-state index contributed by atoms with van der Waals surface area (Å²) in [5.74, 6) is 0. The summed E-state index contributed by atoms with van der Waals surface area (Å²) in [5.41, 5.74) is 5.28. The maximum Gasteiger partial charge on any atom is 0.137 e. The first kappa shape index (κ1) is 9.55. The molecule has 4 heteroatoms. The molecule has 60 valence electrons. The van der Waals surface area contributed by atoms with Gasteiger partial charge in [-0.2, -0.15) is 0 Å². The lowest BCUT2D eigenvalue weighted by Crippen LogP contribution is -2.36. The van der Waals surface area contributed by atoms with Gasteiger partial charge in [-0.3, -0.25) is 0 Å². The van der Waals surface area contributed by atoms with E-state index >= 15 is 0 Å². The average Bonchev–Trinajstić information content (AvgIpc) is 1.98. The van der Waals surface area contributed by atoms with Crippen molar-refractivity contribution >= 4 is 6.29 Å². The van der Waals surface area contributed by atoms with Crippen LogP contribution >= 0.6 is 0 Å². The fourth-order valence-corrected chi connectivity index (χ4v) is 0.491. The summed E-state index contributed by atoms with van der Waals surface area (Å²) in [6.45, 7) is 1.90. The summed E-state index contributed by atoms with van der Waals surface area (Å²) >= 11 is 0. The van der Waals surface area contributed by atoms with Crippen LogP contribution in [0.5, 0.6) is 0 Å². The molecule has 0 aliphatic rings. The minimum Gasteiger partial charge on any atom is -0.383 e. The van der Waals surface area contributed by atoms with Crippen LogP contribution in [0.15, 0.2) is 0 Å². The summed E-state index contributed by atoms with van der Waals surface area (Å²) in [6.07, 6.45) is 0.722. The number of methoxy groups -OCH3 is 1. The topological polar surface area (TPSA) is 64.3 Å². The minimum atomic E-state index is -0.392. The van der Waals surface area contributed by atoms with Crippen LogP contribution in [0.3, 0.4) is 0 Å². The number of nitrogens with one attached hydrogen (secondary N) is 1. The molecule has 1 unspecified atom stereocenters. The number of hydrogen-bond donors (Lipinski definition) is 2. The molecule has 0 heterocycles. The second-order valence-corrected chi connectivity index (χ2v) is 2.00. The van der Waals surface area contributed by atoms with Gasteiger partial charge >= 0.3 is 0 Å². The van der Waals surface area contributed by atoms with Crippen LogP contribution in [0.1, 0.15) is 0 Å². The number of carbonyl (C=O) groups is 1. The molecule has 0 saturated carbocycles. The van der Waals surface area contributed by atoms with Gasteiger partial charge < -0.3 is 20.6 Å². The van der Waals surface area contributed by atoms with Gasteiger partial charge in [-0.1, -0.05) is 0 Å². The Morgan fingerprint density at radius 2 is 2.50 bits per heavy atom. The van der Waals surface area contributed by atoms with E-state index in [2.05, 4.69) is 5.32 Å². The second kappa shape index (κ2) is 6.67. The lowest BCUT2D eigenvalue weighted by Gasteiger charge is -2.04. The Bertz CT molecular complexity index is 87.8. The Morgan fingerprint density at radius 3 is 3.00 bits per heavy atom. The zero-order valence-corrected chi connectivity index (χ0v) is 6.17. The standard InChI is InChI=1S/C6H14N2O2/c1-10-3-2-8-4-6(7)5-9/h5-6,8H,2-4,7H2,1H3. The first-order chi connectivity index (χ1) is 4.81. The number of aldehydes is 1. The molecule has 4 nitrogen and oxygen atoms in total. The lowest BCUT2D eigenvalue weighted by atomic mass is 10.3. The lowest BCUT2D eigenvalue weighted by molar-refractivity contribution is -0.108. The molecule has 0 aromatic rings. The predicted octanol–water partition coefficient (Wildman–Crippen LogP) is -1.25. The highest BCUT2D eigenvalue weighted by Gasteiger charge is 1.96. The smallest absolute Gasteiger partial charge is 0.137 e. The molecule has 0 spiro atoms. The van der Waals surface area contributed by atoms with Crippen LogP contribution in [0, 0.1) is 0 Å². The summed E-state index contributed by atoms with van der Waals surface area (Å²) in [7, 11) is 1.63. The second-order valence-electron chi connectivity index (χ2n) is 2.00. The molecule has 0 aromatic heterocycles. The molecular formula is C6H14N2O2. The first-order valence-corrected chi connectivity index (χ1v) is 3.21. The van der Waals surface area contributed by atoms with E-state index in [1.165, 1.54) is 0 Å². The monoisotopic (exact) mass is 146 g/mol. The quantitative estimate of drug-likeness (QED) is 0.363. The van der Waals surface area contributed by atoms with Crippen LogP contribution in [0.4, 0.5) is 0 Å². The minimum absolute atomic E-state index is 0.392. The molecule has 0 rings (SSSR count). The normalized spacial score (nSPS) is 13.0. The predicted molar refractivity (Wildman–Crippen MR) is 38.8 cm³/mol. The average molecular weight is 146 g/mol. The summed E-state index contributed by atoms with van der Waals surface area (Å²) < 4.78 is 4.77. The number of ether oxygens (including phenoxy) is 1. The number of nitrogens with two attached hydrogens (primary N) is 1. The van der Waals surface area contributed by atoms with Crippen molar-refractivity contribution in [3.05, 3.63) is 0 Å². The third-order valence-corrected chi connectivity index (χ3v) is 1.04. The van der Waals surface area contributed by atoms with Gasteiger partial charge in [0.25, 0.3) is 0 Å². The van der Waals surface area contributed by atoms with Gasteiger partial charge in [0, 0.05) is 20.2 Å². The Labute approximate surface area is 60.7 Å². The fourth-order valence-electron chi connectivity index (χ4n) is 0.491. The molecule has 0 aliphatic heterocycles. The summed E-state index contributed by atoms with van der Waals surface area (Å²) in [6, 6.07) is -0.392. The van der Waals surface area contributed by atoms with Gasteiger partial charge in [0.2, 0.25) is 0 Å². The largest absolute Gasteiger partial charge is 0.383 e. The molecule has 0 bridgehead atoms. The van der Waals surface area contributed by atoms with Crippen LogP contribution in [-0.2, 0) is 9.53 Å². The molecule has 10 heavy (non-hydrogen) atoms. The van der Waals surface area contributed by atoms with Gasteiger partial charge in [0.15, 0.2) is 0 Å². The van der Waals surface area contributed by atoms with E-state index in [1.54, 1.807) is 7.11 Å². The molecule has 1 atom stereocenters. The van der Waals surface area contributed by atoms with Crippen molar-refractivity contribution in [2.45, 2.75) is 6.04 Å². The summed E-state index contributed by atoms with van der Waals surface area (Å²) in [5, 5.41) is 2.96. The van der Waals surface area contributed by atoms with E-state index in [0.29, 0.717) is 13.2 Å².